The van der Waals surface area contributed by atoms with Gasteiger partial charge in [-0.1, -0.05) is 78.9 Å². The highest BCUT2D eigenvalue weighted by atomic mass is 16.4. The molecule has 0 spiro atoms. The summed E-state index contributed by atoms with van der Waals surface area (Å²) in [6.45, 7) is 12.9. The van der Waals surface area contributed by atoms with Crippen LogP contribution in [0, 0.1) is 11.8 Å². The Kier molecular flexibility index (Phi) is 11.0. The fourth-order valence-electron chi connectivity index (χ4n) is 7.36. The van der Waals surface area contributed by atoms with Gasteiger partial charge in [-0.05, 0) is 54.6 Å². The largest absolute Gasteiger partial charge is 0.481 e. The first-order valence-electron chi connectivity index (χ1n) is 16.6. The van der Waals surface area contributed by atoms with E-state index in [-0.39, 0.29) is 12.8 Å². The molecule has 0 aromatic heterocycles. The fraction of sp³-hybridized carbons (Fsp3) is 0.459. The van der Waals surface area contributed by atoms with E-state index in [2.05, 4.69) is 29.6 Å². The maximum absolute atomic E-state index is 12.2. The van der Waals surface area contributed by atoms with Gasteiger partial charge >= 0.3 is 11.9 Å². The Morgan fingerprint density at radius 1 is 0.644 bits per heavy atom. The van der Waals surface area contributed by atoms with Gasteiger partial charge in [-0.3, -0.25) is 9.59 Å². The SMILES string of the molecule is NCCCNCCC[N+]12CC[N+](Cc3ccc(-c4ccc(C[C@H](C(=O)O)[C@H](Cc5ccccc5)C(=O)O)cc4)cc3)(CC1)CC2. The first-order chi connectivity index (χ1) is 21.8. The monoisotopic (exact) mass is 614 g/mol. The quantitative estimate of drug-likeness (QED) is 0.135. The molecule has 2 atom stereocenters. The van der Waals surface area contributed by atoms with E-state index in [0.717, 1.165) is 54.9 Å². The smallest absolute Gasteiger partial charge is 0.307 e. The van der Waals surface area contributed by atoms with E-state index in [9.17, 15) is 19.8 Å². The standard InChI is InChI=1S/C37H48N4O4/c38-16-4-17-39-18-5-19-40-20-23-41(24-21-40,25-22-40)28-31-10-14-33(15-11-31)32-12-8-30(9-13-32)27-35(37(44)45)34(36(42)43)26-29-6-2-1-3-7-29/h1-3,6-15,34-35,39H,4-5,16-28,38H2/p+2/t34-,35-,40?,41?/m0/s1. The molecule has 3 saturated heterocycles. The first kappa shape index (κ1) is 32.8. The van der Waals surface area contributed by atoms with Gasteiger partial charge in [0.25, 0.3) is 0 Å². The number of piperazine rings is 3. The third kappa shape index (κ3) is 8.58. The summed E-state index contributed by atoms with van der Waals surface area (Å²) in [4.78, 5) is 24.3. The van der Waals surface area contributed by atoms with Crippen molar-refractivity contribution < 1.29 is 28.8 Å². The molecular weight excluding hydrogens is 564 g/mol. The molecule has 0 unspecified atom stereocenters. The van der Waals surface area contributed by atoms with Gasteiger partial charge in [-0.2, -0.15) is 0 Å². The molecule has 3 fully saturated rings. The van der Waals surface area contributed by atoms with E-state index in [1.54, 1.807) is 0 Å². The van der Waals surface area contributed by atoms with Gasteiger partial charge in [0, 0.05) is 18.5 Å². The van der Waals surface area contributed by atoms with Crippen molar-refractivity contribution in [1.29, 1.82) is 0 Å². The fourth-order valence-corrected chi connectivity index (χ4v) is 7.36. The highest BCUT2D eigenvalue weighted by Crippen LogP contribution is 2.30. The lowest BCUT2D eigenvalue weighted by atomic mass is 9.82. The third-order valence-corrected chi connectivity index (χ3v) is 10.3. The van der Waals surface area contributed by atoms with Crippen molar-refractivity contribution in [2.45, 2.75) is 32.2 Å². The number of fused-ring (bicyclic) bond motifs is 3. The molecule has 0 radical (unpaired) electrons. The van der Waals surface area contributed by atoms with E-state index in [1.807, 2.05) is 54.6 Å². The average molecular weight is 615 g/mol. The van der Waals surface area contributed by atoms with Crippen molar-refractivity contribution in [3.63, 3.8) is 0 Å². The van der Waals surface area contributed by atoms with E-state index >= 15 is 0 Å². The molecule has 8 heteroatoms. The van der Waals surface area contributed by atoms with E-state index in [1.165, 1.54) is 66.8 Å². The Labute approximate surface area is 267 Å². The van der Waals surface area contributed by atoms with Crippen molar-refractivity contribution in [3.05, 3.63) is 95.6 Å². The molecule has 0 saturated carbocycles. The number of carboxylic acid groups (broad SMARTS) is 2. The Morgan fingerprint density at radius 2 is 1.11 bits per heavy atom. The lowest BCUT2D eigenvalue weighted by Gasteiger charge is -2.55. The maximum Gasteiger partial charge on any atom is 0.307 e. The zero-order valence-electron chi connectivity index (χ0n) is 26.4. The predicted molar refractivity (Wildman–Crippen MR) is 177 cm³/mol. The first-order valence-corrected chi connectivity index (χ1v) is 16.6. The number of hydrogen-bond donors (Lipinski definition) is 4. The van der Waals surface area contributed by atoms with Gasteiger partial charge in [-0.25, -0.2) is 0 Å². The molecule has 3 aromatic carbocycles. The molecule has 0 amide bonds. The maximum atomic E-state index is 12.2. The van der Waals surface area contributed by atoms with Crippen molar-refractivity contribution in [3.8, 4) is 11.1 Å². The number of hydrogen-bond acceptors (Lipinski definition) is 4. The minimum atomic E-state index is -1.08. The summed E-state index contributed by atoms with van der Waals surface area (Å²) in [5.74, 6) is -4.18. The molecule has 5 N–H and O–H groups in total. The highest BCUT2D eigenvalue weighted by molar-refractivity contribution is 5.80. The van der Waals surface area contributed by atoms with Gasteiger partial charge in [0.05, 0.1) is 18.4 Å². The highest BCUT2D eigenvalue weighted by Gasteiger charge is 2.48. The zero-order chi connectivity index (χ0) is 31.7. The lowest BCUT2D eigenvalue weighted by molar-refractivity contribution is -1.09. The van der Waals surface area contributed by atoms with Gasteiger partial charge in [0.1, 0.15) is 45.8 Å². The summed E-state index contributed by atoms with van der Waals surface area (Å²) in [5.41, 5.74) is 10.8. The van der Waals surface area contributed by atoms with Crippen LogP contribution in [0.15, 0.2) is 78.9 Å². The van der Waals surface area contributed by atoms with Crippen LogP contribution in [0.1, 0.15) is 29.5 Å². The minimum absolute atomic E-state index is 0.171. The number of rotatable bonds is 17. The van der Waals surface area contributed by atoms with Crippen LogP contribution in [0.25, 0.3) is 11.1 Å². The van der Waals surface area contributed by atoms with Crippen molar-refractivity contribution in [1.82, 2.24) is 5.32 Å². The third-order valence-electron chi connectivity index (χ3n) is 10.3. The number of carbonyl (C=O) groups is 2. The second kappa shape index (κ2) is 15.1. The summed E-state index contributed by atoms with van der Waals surface area (Å²) in [5, 5.41) is 23.4. The van der Waals surface area contributed by atoms with Crippen molar-refractivity contribution >= 4 is 11.9 Å². The molecule has 8 nitrogen and oxygen atoms in total. The molecule has 0 aliphatic carbocycles. The summed E-state index contributed by atoms with van der Waals surface area (Å²) >= 11 is 0. The molecule has 3 aliphatic rings. The predicted octanol–water partition coefficient (Wildman–Crippen LogP) is 4.03. The van der Waals surface area contributed by atoms with Crippen LogP contribution in [0.3, 0.4) is 0 Å². The van der Waals surface area contributed by atoms with Gasteiger partial charge in [-0.15, -0.1) is 0 Å². The topological polar surface area (TPSA) is 113 Å². The number of aliphatic carboxylic acids is 2. The average Bonchev–Trinajstić information content (AvgIpc) is 3.06. The Morgan fingerprint density at radius 3 is 1.62 bits per heavy atom. The molecule has 45 heavy (non-hydrogen) atoms. The zero-order valence-corrected chi connectivity index (χ0v) is 26.4. The van der Waals surface area contributed by atoms with E-state index in [0.29, 0.717) is 0 Å². The second-order valence-electron chi connectivity index (χ2n) is 13.3. The van der Waals surface area contributed by atoms with Crippen molar-refractivity contribution in [2.75, 3.05) is 65.4 Å². The summed E-state index contributed by atoms with van der Waals surface area (Å²) in [7, 11) is 0. The number of benzene rings is 3. The van der Waals surface area contributed by atoms with Crippen LogP contribution in [-0.4, -0.2) is 96.6 Å². The summed E-state index contributed by atoms with van der Waals surface area (Å²) < 4.78 is 2.50. The van der Waals surface area contributed by atoms with Crippen LogP contribution in [0.4, 0.5) is 0 Å². The molecule has 3 heterocycles. The van der Waals surface area contributed by atoms with Crippen LogP contribution in [0.5, 0.6) is 0 Å². The summed E-state index contributed by atoms with van der Waals surface area (Å²) in [6.07, 6.45) is 2.65. The van der Waals surface area contributed by atoms with Crippen molar-refractivity contribution in [2.24, 2.45) is 17.6 Å². The number of nitrogens with zero attached hydrogens (tertiary/aromatic N) is 2. The van der Waals surface area contributed by atoms with Crippen LogP contribution < -0.4 is 11.1 Å². The van der Waals surface area contributed by atoms with Gasteiger partial charge in [0.15, 0.2) is 0 Å². The Bertz CT molecular complexity index is 1370. The number of carboxylic acids is 2. The molecular formula is C37H50N4O4+2. The number of nitrogens with one attached hydrogen (secondary N) is 1. The Balaban J connectivity index is 1.15. The second-order valence-corrected chi connectivity index (χ2v) is 13.3. The minimum Gasteiger partial charge on any atom is -0.481 e. The van der Waals surface area contributed by atoms with Crippen LogP contribution >= 0.6 is 0 Å². The number of quaternary nitrogens is 2. The van der Waals surface area contributed by atoms with E-state index < -0.39 is 23.8 Å². The Hall–Kier alpha value is -3.56. The molecule has 3 aromatic rings. The van der Waals surface area contributed by atoms with Crippen LogP contribution in [-0.2, 0) is 29.0 Å². The van der Waals surface area contributed by atoms with Gasteiger partial charge < -0.3 is 30.2 Å². The molecule has 3 aliphatic heterocycles. The summed E-state index contributed by atoms with van der Waals surface area (Å²) in [6, 6.07) is 26.0. The lowest BCUT2D eigenvalue weighted by Crippen LogP contribution is -2.74. The van der Waals surface area contributed by atoms with Crippen LogP contribution in [0.2, 0.25) is 0 Å². The molecule has 6 rings (SSSR count). The normalized spacial score (nSPS) is 22.2. The van der Waals surface area contributed by atoms with Gasteiger partial charge in [0.2, 0.25) is 0 Å². The van der Waals surface area contributed by atoms with E-state index in [4.69, 9.17) is 5.73 Å². The molecule has 2 bridgehead atoms. The molecule has 240 valence electrons. The number of nitrogens with two attached hydrogens (primary N) is 1.